The average molecular weight is 346 g/mol. The van der Waals surface area contributed by atoms with Gasteiger partial charge in [-0.15, -0.1) is 6.58 Å². The highest BCUT2D eigenvalue weighted by Gasteiger charge is 2.24. The van der Waals surface area contributed by atoms with Crippen molar-refractivity contribution in [2.45, 2.75) is 30.8 Å². The third-order valence-electron chi connectivity index (χ3n) is 3.95. The fourth-order valence-electron chi connectivity index (χ4n) is 2.48. The summed E-state index contributed by atoms with van der Waals surface area (Å²) in [5.41, 5.74) is 2.76. The fraction of sp³-hybridized carbons (Fsp3) is 0.263. The molecule has 1 N–H and O–H groups in total. The molecule has 0 saturated carbocycles. The Bertz CT molecular complexity index is 794. The van der Waals surface area contributed by atoms with E-state index in [1.807, 2.05) is 38.1 Å². The van der Waals surface area contributed by atoms with Crippen LogP contribution in [0.5, 0.6) is 0 Å². The van der Waals surface area contributed by atoms with Gasteiger partial charge in [0, 0.05) is 5.92 Å². The van der Waals surface area contributed by atoms with Crippen molar-refractivity contribution in [2.75, 3.05) is 6.61 Å². The first kappa shape index (κ1) is 18.4. The van der Waals surface area contributed by atoms with Crippen LogP contribution < -0.4 is 0 Å². The van der Waals surface area contributed by atoms with Gasteiger partial charge in [-0.1, -0.05) is 48.0 Å². The maximum atomic E-state index is 12.3. The van der Waals surface area contributed by atoms with Crippen LogP contribution in [0.3, 0.4) is 0 Å². The SMILES string of the molecule is C=CC(O)C(COS(=O)(=O)c1ccc(C)cc1)c1ccccc1C. The van der Waals surface area contributed by atoms with E-state index in [0.717, 1.165) is 16.7 Å². The molecule has 0 aromatic heterocycles. The molecule has 5 heteroatoms. The molecular weight excluding hydrogens is 324 g/mol. The highest BCUT2D eigenvalue weighted by Crippen LogP contribution is 2.26. The molecule has 4 nitrogen and oxygen atoms in total. The lowest BCUT2D eigenvalue weighted by Gasteiger charge is -2.22. The molecule has 2 aromatic carbocycles. The highest BCUT2D eigenvalue weighted by molar-refractivity contribution is 7.86. The molecule has 0 spiro atoms. The van der Waals surface area contributed by atoms with Gasteiger partial charge in [0.05, 0.1) is 17.6 Å². The third kappa shape index (κ3) is 4.32. The second-order valence-electron chi connectivity index (χ2n) is 5.74. The summed E-state index contributed by atoms with van der Waals surface area (Å²) in [6.45, 7) is 7.23. The molecule has 2 rings (SSSR count). The number of aryl methyl sites for hydroxylation is 2. The summed E-state index contributed by atoms with van der Waals surface area (Å²) >= 11 is 0. The first-order valence-corrected chi connectivity index (χ1v) is 9.08. The maximum absolute atomic E-state index is 12.3. The van der Waals surface area contributed by atoms with Gasteiger partial charge in [-0.05, 0) is 37.1 Å². The normalized spacial score (nSPS) is 14.1. The van der Waals surface area contributed by atoms with Crippen LogP contribution in [0.25, 0.3) is 0 Å². The third-order valence-corrected chi connectivity index (χ3v) is 5.25. The van der Waals surface area contributed by atoms with E-state index in [9.17, 15) is 13.5 Å². The van der Waals surface area contributed by atoms with Gasteiger partial charge in [-0.2, -0.15) is 8.42 Å². The zero-order valence-electron chi connectivity index (χ0n) is 13.8. The Kier molecular flexibility index (Phi) is 5.94. The minimum Gasteiger partial charge on any atom is -0.388 e. The lowest BCUT2D eigenvalue weighted by atomic mass is 9.91. The summed E-state index contributed by atoms with van der Waals surface area (Å²) in [5, 5.41) is 10.2. The van der Waals surface area contributed by atoms with E-state index < -0.39 is 22.1 Å². The molecule has 0 radical (unpaired) electrons. The summed E-state index contributed by atoms with van der Waals surface area (Å²) in [4.78, 5) is 0.102. The van der Waals surface area contributed by atoms with E-state index in [0.29, 0.717) is 0 Å². The van der Waals surface area contributed by atoms with Gasteiger partial charge in [-0.25, -0.2) is 0 Å². The maximum Gasteiger partial charge on any atom is 0.296 e. The molecule has 0 heterocycles. The van der Waals surface area contributed by atoms with Crippen LogP contribution in [0, 0.1) is 13.8 Å². The topological polar surface area (TPSA) is 63.6 Å². The summed E-state index contributed by atoms with van der Waals surface area (Å²) < 4.78 is 29.9. The number of benzene rings is 2. The molecule has 0 aliphatic heterocycles. The summed E-state index contributed by atoms with van der Waals surface area (Å²) in [6.07, 6.45) is 0.484. The molecule has 128 valence electrons. The van der Waals surface area contributed by atoms with Gasteiger partial charge in [0.15, 0.2) is 0 Å². The van der Waals surface area contributed by atoms with Crippen LogP contribution >= 0.6 is 0 Å². The number of aliphatic hydroxyl groups excluding tert-OH is 1. The van der Waals surface area contributed by atoms with Crippen molar-refractivity contribution in [3.63, 3.8) is 0 Å². The lowest BCUT2D eigenvalue weighted by molar-refractivity contribution is 0.153. The smallest absolute Gasteiger partial charge is 0.296 e. The Hall–Kier alpha value is -1.95. The molecule has 0 saturated heterocycles. The minimum absolute atomic E-state index is 0.102. The summed E-state index contributed by atoms with van der Waals surface area (Å²) in [5.74, 6) is -0.510. The van der Waals surface area contributed by atoms with Crippen LogP contribution in [-0.2, 0) is 14.3 Å². The molecule has 2 unspecified atom stereocenters. The number of aliphatic hydroxyl groups is 1. The van der Waals surface area contributed by atoms with Crippen molar-refractivity contribution in [1.82, 2.24) is 0 Å². The molecule has 0 amide bonds. The van der Waals surface area contributed by atoms with Crippen molar-refractivity contribution in [1.29, 1.82) is 0 Å². The molecule has 2 aromatic rings. The molecular formula is C19H22O4S. The van der Waals surface area contributed by atoms with Gasteiger partial charge in [-0.3, -0.25) is 4.18 Å². The Morgan fingerprint density at radius 1 is 1.12 bits per heavy atom. The number of rotatable bonds is 7. The second kappa shape index (κ2) is 7.75. The molecule has 2 atom stereocenters. The monoisotopic (exact) mass is 346 g/mol. The van der Waals surface area contributed by atoms with E-state index in [4.69, 9.17) is 4.18 Å². The van der Waals surface area contributed by atoms with Crippen LogP contribution in [-0.4, -0.2) is 26.2 Å². The van der Waals surface area contributed by atoms with Crippen LogP contribution in [0.1, 0.15) is 22.6 Å². The van der Waals surface area contributed by atoms with Crippen molar-refractivity contribution in [2.24, 2.45) is 0 Å². The van der Waals surface area contributed by atoms with Gasteiger partial charge in [0.25, 0.3) is 10.1 Å². The van der Waals surface area contributed by atoms with Crippen LogP contribution in [0.2, 0.25) is 0 Å². The summed E-state index contributed by atoms with van der Waals surface area (Å²) in [6, 6.07) is 14.0. The van der Waals surface area contributed by atoms with E-state index in [2.05, 4.69) is 6.58 Å². The van der Waals surface area contributed by atoms with E-state index in [1.165, 1.54) is 18.2 Å². The van der Waals surface area contributed by atoms with Crippen molar-refractivity contribution < 1.29 is 17.7 Å². The molecule has 0 fully saturated rings. The van der Waals surface area contributed by atoms with Crippen LogP contribution in [0.15, 0.2) is 66.1 Å². The number of hydrogen-bond acceptors (Lipinski definition) is 4. The average Bonchev–Trinajstić information content (AvgIpc) is 2.56. The van der Waals surface area contributed by atoms with E-state index in [1.54, 1.807) is 12.1 Å². The largest absolute Gasteiger partial charge is 0.388 e. The second-order valence-corrected chi connectivity index (χ2v) is 7.36. The highest BCUT2D eigenvalue weighted by atomic mass is 32.2. The quantitative estimate of drug-likeness (QED) is 0.617. The predicted molar refractivity (Wildman–Crippen MR) is 94.4 cm³/mol. The van der Waals surface area contributed by atoms with Crippen molar-refractivity contribution >= 4 is 10.1 Å². The Morgan fingerprint density at radius 3 is 2.33 bits per heavy atom. The molecule has 24 heavy (non-hydrogen) atoms. The standard InChI is InChI=1S/C19H22O4S/c1-4-19(20)18(17-8-6-5-7-15(17)3)13-23-24(21,22)16-11-9-14(2)10-12-16/h4-12,18-20H,1,13H2,2-3H3. The zero-order valence-corrected chi connectivity index (χ0v) is 14.7. The lowest BCUT2D eigenvalue weighted by Crippen LogP contribution is -2.23. The van der Waals surface area contributed by atoms with Gasteiger partial charge < -0.3 is 5.11 Å². The Labute approximate surface area is 143 Å². The Morgan fingerprint density at radius 2 is 1.75 bits per heavy atom. The fourth-order valence-corrected chi connectivity index (χ4v) is 3.41. The zero-order chi connectivity index (χ0) is 17.7. The van der Waals surface area contributed by atoms with E-state index in [-0.39, 0.29) is 11.5 Å². The van der Waals surface area contributed by atoms with Gasteiger partial charge in [0.1, 0.15) is 0 Å². The number of hydrogen-bond donors (Lipinski definition) is 1. The van der Waals surface area contributed by atoms with Crippen molar-refractivity contribution in [3.8, 4) is 0 Å². The first-order valence-electron chi connectivity index (χ1n) is 7.67. The van der Waals surface area contributed by atoms with E-state index >= 15 is 0 Å². The van der Waals surface area contributed by atoms with Gasteiger partial charge in [0.2, 0.25) is 0 Å². The van der Waals surface area contributed by atoms with Crippen LogP contribution in [0.4, 0.5) is 0 Å². The molecule has 0 aliphatic rings. The summed E-state index contributed by atoms with van der Waals surface area (Å²) in [7, 11) is -3.88. The molecule has 0 aliphatic carbocycles. The van der Waals surface area contributed by atoms with Crippen molar-refractivity contribution in [3.05, 3.63) is 77.9 Å². The minimum atomic E-state index is -3.88. The van der Waals surface area contributed by atoms with Gasteiger partial charge >= 0.3 is 0 Å². The molecule has 0 bridgehead atoms. The predicted octanol–water partition coefficient (Wildman–Crippen LogP) is 3.34. The first-order chi connectivity index (χ1) is 11.3. The Balaban J connectivity index is 2.23.